The van der Waals surface area contributed by atoms with E-state index in [4.69, 9.17) is 0 Å². The summed E-state index contributed by atoms with van der Waals surface area (Å²) in [6.45, 7) is 5.15. The first-order valence-corrected chi connectivity index (χ1v) is 7.07. The SMILES string of the molecule is CCCc1nnsc1C(NCC)c1ccn(C)n1. The molecule has 0 fully saturated rings. The molecule has 0 saturated carbocycles. The van der Waals surface area contributed by atoms with Gasteiger partial charge in [-0.15, -0.1) is 5.10 Å². The van der Waals surface area contributed by atoms with E-state index >= 15 is 0 Å². The predicted octanol–water partition coefficient (Wildman–Crippen LogP) is 1.92. The van der Waals surface area contributed by atoms with Crippen LogP contribution in [0, 0.1) is 0 Å². The molecule has 1 unspecified atom stereocenters. The van der Waals surface area contributed by atoms with Gasteiger partial charge in [0, 0.05) is 13.2 Å². The normalized spacial score (nSPS) is 12.8. The van der Waals surface area contributed by atoms with Crippen molar-refractivity contribution in [3.8, 4) is 0 Å². The molecule has 1 N–H and O–H groups in total. The predicted molar refractivity (Wildman–Crippen MR) is 72.6 cm³/mol. The molecule has 2 aromatic rings. The topological polar surface area (TPSA) is 55.6 Å². The lowest BCUT2D eigenvalue weighted by Gasteiger charge is -2.14. The van der Waals surface area contributed by atoms with Gasteiger partial charge in [0.05, 0.1) is 22.3 Å². The van der Waals surface area contributed by atoms with Crippen LogP contribution in [-0.4, -0.2) is 25.9 Å². The van der Waals surface area contributed by atoms with Crippen molar-refractivity contribution in [2.24, 2.45) is 7.05 Å². The molecule has 5 nitrogen and oxygen atoms in total. The number of hydrogen-bond acceptors (Lipinski definition) is 5. The summed E-state index contributed by atoms with van der Waals surface area (Å²) in [6.07, 6.45) is 4.02. The molecule has 0 aliphatic rings. The molecule has 0 radical (unpaired) electrons. The van der Waals surface area contributed by atoms with Crippen LogP contribution < -0.4 is 5.32 Å². The summed E-state index contributed by atoms with van der Waals surface area (Å²) in [4.78, 5) is 1.19. The zero-order valence-electron chi connectivity index (χ0n) is 11.1. The number of nitrogens with zero attached hydrogens (tertiary/aromatic N) is 4. The van der Waals surface area contributed by atoms with Crippen LogP contribution in [0.2, 0.25) is 0 Å². The third kappa shape index (κ3) is 2.76. The van der Waals surface area contributed by atoms with Crippen molar-refractivity contribution in [1.82, 2.24) is 24.7 Å². The fraction of sp³-hybridized carbons (Fsp3) is 0.583. The molecular formula is C12H19N5S. The Morgan fingerprint density at radius 3 is 2.89 bits per heavy atom. The number of rotatable bonds is 6. The monoisotopic (exact) mass is 265 g/mol. The van der Waals surface area contributed by atoms with Gasteiger partial charge in [-0.2, -0.15) is 5.10 Å². The molecule has 0 aliphatic heterocycles. The molecular weight excluding hydrogens is 246 g/mol. The fourth-order valence-electron chi connectivity index (χ4n) is 1.97. The summed E-state index contributed by atoms with van der Waals surface area (Å²) in [5.74, 6) is 0. The highest BCUT2D eigenvalue weighted by Crippen LogP contribution is 2.26. The first kappa shape index (κ1) is 13.2. The van der Waals surface area contributed by atoms with Crippen molar-refractivity contribution < 1.29 is 0 Å². The van der Waals surface area contributed by atoms with Crippen LogP contribution in [-0.2, 0) is 13.5 Å². The lowest BCUT2D eigenvalue weighted by Crippen LogP contribution is -2.22. The van der Waals surface area contributed by atoms with Crippen LogP contribution in [0.3, 0.4) is 0 Å². The molecule has 2 rings (SSSR count). The van der Waals surface area contributed by atoms with Crippen molar-refractivity contribution in [3.63, 3.8) is 0 Å². The van der Waals surface area contributed by atoms with Crippen molar-refractivity contribution in [2.45, 2.75) is 32.7 Å². The van der Waals surface area contributed by atoms with Crippen LogP contribution >= 0.6 is 11.5 Å². The molecule has 0 amide bonds. The summed E-state index contributed by atoms with van der Waals surface area (Å²) in [7, 11) is 1.93. The van der Waals surface area contributed by atoms with E-state index in [-0.39, 0.29) is 6.04 Å². The number of nitrogens with one attached hydrogen (secondary N) is 1. The summed E-state index contributed by atoms with van der Waals surface area (Å²) < 4.78 is 5.92. The van der Waals surface area contributed by atoms with Gasteiger partial charge in [-0.1, -0.05) is 24.8 Å². The Balaban J connectivity index is 2.31. The van der Waals surface area contributed by atoms with E-state index in [0.717, 1.165) is 30.8 Å². The Bertz CT molecular complexity index is 490. The van der Waals surface area contributed by atoms with Crippen LogP contribution in [0.1, 0.15) is 42.6 Å². The zero-order valence-corrected chi connectivity index (χ0v) is 11.9. The molecule has 6 heteroatoms. The highest BCUT2D eigenvalue weighted by Gasteiger charge is 2.21. The zero-order chi connectivity index (χ0) is 13.0. The quantitative estimate of drug-likeness (QED) is 0.867. The minimum absolute atomic E-state index is 0.109. The molecule has 0 aromatic carbocycles. The van der Waals surface area contributed by atoms with E-state index in [1.165, 1.54) is 16.4 Å². The van der Waals surface area contributed by atoms with Crippen LogP contribution in [0.25, 0.3) is 0 Å². The van der Waals surface area contributed by atoms with Gasteiger partial charge in [0.2, 0.25) is 0 Å². The minimum Gasteiger partial charge on any atom is -0.304 e. The Hall–Kier alpha value is -1.27. The molecule has 0 bridgehead atoms. The third-order valence-electron chi connectivity index (χ3n) is 2.77. The van der Waals surface area contributed by atoms with Crippen molar-refractivity contribution >= 4 is 11.5 Å². The van der Waals surface area contributed by atoms with Gasteiger partial charge in [-0.3, -0.25) is 4.68 Å². The van der Waals surface area contributed by atoms with E-state index in [9.17, 15) is 0 Å². The third-order valence-corrected chi connectivity index (χ3v) is 3.60. The van der Waals surface area contributed by atoms with Crippen molar-refractivity contribution in [2.75, 3.05) is 6.54 Å². The average molecular weight is 265 g/mol. The van der Waals surface area contributed by atoms with E-state index in [1.54, 1.807) is 0 Å². The number of hydrogen-bond donors (Lipinski definition) is 1. The van der Waals surface area contributed by atoms with Crippen LogP contribution in [0.4, 0.5) is 0 Å². The second kappa shape index (κ2) is 6.06. The Labute approximate surface area is 111 Å². The van der Waals surface area contributed by atoms with E-state index < -0.39 is 0 Å². The van der Waals surface area contributed by atoms with Gasteiger partial charge in [-0.25, -0.2) is 0 Å². The Kier molecular flexibility index (Phi) is 4.43. The maximum absolute atomic E-state index is 4.49. The highest BCUT2D eigenvalue weighted by atomic mass is 32.1. The van der Waals surface area contributed by atoms with E-state index in [0.29, 0.717) is 0 Å². The summed E-state index contributed by atoms with van der Waals surface area (Å²) in [6, 6.07) is 2.15. The maximum atomic E-state index is 4.49. The molecule has 18 heavy (non-hydrogen) atoms. The maximum Gasteiger partial charge on any atom is 0.0898 e. The molecule has 0 aliphatic carbocycles. The summed E-state index contributed by atoms with van der Waals surface area (Å²) >= 11 is 1.47. The molecule has 1 atom stereocenters. The largest absolute Gasteiger partial charge is 0.304 e. The second-order valence-corrected chi connectivity index (χ2v) is 5.02. The van der Waals surface area contributed by atoms with Gasteiger partial charge in [0.1, 0.15) is 0 Å². The molecule has 2 aromatic heterocycles. The lowest BCUT2D eigenvalue weighted by molar-refractivity contribution is 0.600. The first-order valence-electron chi connectivity index (χ1n) is 6.30. The second-order valence-electron chi connectivity index (χ2n) is 4.24. The molecule has 2 heterocycles. The van der Waals surface area contributed by atoms with Gasteiger partial charge >= 0.3 is 0 Å². The van der Waals surface area contributed by atoms with E-state index in [2.05, 4.69) is 33.8 Å². The van der Waals surface area contributed by atoms with Crippen LogP contribution in [0.5, 0.6) is 0 Å². The smallest absolute Gasteiger partial charge is 0.0898 e. The first-order chi connectivity index (χ1) is 8.76. The van der Waals surface area contributed by atoms with Gasteiger partial charge < -0.3 is 5.32 Å². The number of aromatic nitrogens is 4. The summed E-state index contributed by atoms with van der Waals surface area (Å²) in [5.41, 5.74) is 2.13. The fourth-order valence-corrected chi connectivity index (χ4v) is 2.75. The van der Waals surface area contributed by atoms with Crippen molar-refractivity contribution in [1.29, 1.82) is 0 Å². The lowest BCUT2D eigenvalue weighted by atomic mass is 10.1. The molecule has 98 valence electrons. The van der Waals surface area contributed by atoms with E-state index in [1.807, 2.05) is 24.0 Å². The Morgan fingerprint density at radius 2 is 2.28 bits per heavy atom. The van der Waals surface area contributed by atoms with Gasteiger partial charge in [0.25, 0.3) is 0 Å². The molecule has 0 saturated heterocycles. The summed E-state index contributed by atoms with van der Waals surface area (Å²) in [5, 5.41) is 12.2. The highest BCUT2D eigenvalue weighted by molar-refractivity contribution is 7.05. The number of aryl methyl sites for hydroxylation is 2. The standard InChI is InChI=1S/C12H19N5S/c1-4-6-10-12(18-16-14-10)11(13-5-2)9-7-8-17(3)15-9/h7-8,11,13H,4-6H2,1-3H3. The average Bonchev–Trinajstić information content (AvgIpc) is 2.96. The minimum atomic E-state index is 0.109. The Morgan fingerprint density at radius 1 is 1.44 bits per heavy atom. The van der Waals surface area contributed by atoms with Crippen LogP contribution in [0.15, 0.2) is 12.3 Å². The van der Waals surface area contributed by atoms with Gasteiger partial charge in [0.15, 0.2) is 0 Å². The van der Waals surface area contributed by atoms with Crippen molar-refractivity contribution in [3.05, 3.63) is 28.5 Å². The molecule has 0 spiro atoms. The van der Waals surface area contributed by atoms with Gasteiger partial charge in [-0.05, 0) is 30.6 Å².